The lowest BCUT2D eigenvalue weighted by molar-refractivity contribution is -0.112. The Hall–Kier alpha value is -3.29. The van der Waals surface area contributed by atoms with Gasteiger partial charge in [0.1, 0.15) is 11.5 Å². The van der Waals surface area contributed by atoms with E-state index < -0.39 is 11.9 Å². The van der Waals surface area contributed by atoms with Gasteiger partial charge in [-0.1, -0.05) is 24.4 Å². The van der Waals surface area contributed by atoms with Crippen molar-refractivity contribution in [3.8, 4) is 11.3 Å². The maximum absolute atomic E-state index is 11.7. The van der Waals surface area contributed by atoms with Gasteiger partial charge in [-0.15, -0.1) is 0 Å². The number of aromatic nitrogens is 3. The van der Waals surface area contributed by atoms with Crippen LogP contribution in [0.3, 0.4) is 0 Å². The smallest absolute Gasteiger partial charge is 0.343 e. The molecule has 0 fully saturated rings. The molecule has 2 rings (SSSR count). The third-order valence-corrected chi connectivity index (χ3v) is 2.73. The average molecular weight is 300 g/mol. The summed E-state index contributed by atoms with van der Waals surface area (Å²) in [7, 11) is 0. The summed E-state index contributed by atoms with van der Waals surface area (Å²) in [6.07, 6.45) is 4.07. The number of nitrogens with one attached hydrogen (secondary N) is 1. The molecule has 0 spiro atoms. The lowest BCUT2D eigenvalue weighted by atomic mass is 10.1. The van der Waals surface area contributed by atoms with E-state index in [2.05, 4.69) is 33.6 Å². The van der Waals surface area contributed by atoms with Crippen molar-refractivity contribution in [1.29, 1.82) is 0 Å². The number of hydrogen-bond acceptors (Lipinski definition) is 6. The summed E-state index contributed by atoms with van der Waals surface area (Å²) < 4.78 is 4.91. The molecule has 22 heavy (non-hydrogen) atoms. The van der Waals surface area contributed by atoms with Crippen LogP contribution in [0.15, 0.2) is 41.7 Å². The third-order valence-electron chi connectivity index (χ3n) is 2.73. The van der Waals surface area contributed by atoms with E-state index >= 15 is 0 Å². The maximum Gasteiger partial charge on any atom is 0.343 e. The van der Waals surface area contributed by atoms with E-state index in [1.807, 2.05) is 0 Å². The van der Waals surface area contributed by atoms with Crippen LogP contribution < -0.4 is 5.32 Å². The van der Waals surface area contributed by atoms with Gasteiger partial charge in [-0.2, -0.15) is 0 Å². The van der Waals surface area contributed by atoms with Crippen LogP contribution in [0, 0.1) is 6.92 Å². The first-order valence-corrected chi connectivity index (χ1v) is 6.08. The first-order chi connectivity index (χ1) is 10.4. The molecule has 1 amide bonds. The van der Waals surface area contributed by atoms with Crippen molar-refractivity contribution in [1.82, 2.24) is 15.1 Å². The SMILES string of the molecule is C=CC(=C)C(=O)Nc1onc(-c2cnc(C)nc2)c1C(=O)O. The minimum Gasteiger partial charge on any atom is -0.477 e. The number of anilines is 1. The molecule has 0 saturated heterocycles. The summed E-state index contributed by atoms with van der Waals surface area (Å²) in [5, 5.41) is 15.3. The molecule has 2 aromatic heterocycles. The van der Waals surface area contributed by atoms with Gasteiger partial charge in [0.25, 0.3) is 5.91 Å². The fourth-order valence-corrected chi connectivity index (χ4v) is 1.56. The highest BCUT2D eigenvalue weighted by Crippen LogP contribution is 2.28. The fourth-order valence-electron chi connectivity index (χ4n) is 1.56. The standard InChI is InChI=1S/C14H12N4O4/c1-4-7(2)12(19)17-13-10(14(20)21)11(18-22-13)9-5-15-8(3)16-6-9/h4-6H,1-2H2,3H3,(H,17,19)(H,20,21). The van der Waals surface area contributed by atoms with Crippen molar-refractivity contribution in [2.45, 2.75) is 6.92 Å². The minimum absolute atomic E-state index is 0.0204. The summed E-state index contributed by atoms with van der Waals surface area (Å²) in [6, 6.07) is 0. The Morgan fingerprint density at radius 2 is 2.00 bits per heavy atom. The molecule has 0 aromatic carbocycles. The molecular weight excluding hydrogens is 288 g/mol. The molecule has 2 aromatic rings. The van der Waals surface area contributed by atoms with Gasteiger partial charge in [0.2, 0.25) is 5.88 Å². The Kier molecular flexibility index (Phi) is 4.12. The second-order valence-electron chi connectivity index (χ2n) is 4.24. The molecule has 0 aliphatic carbocycles. The van der Waals surface area contributed by atoms with Crippen molar-refractivity contribution in [3.05, 3.63) is 48.6 Å². The van der Waals surface area contributed by atoms with Crippen molar-refractivity contribution in [2.75, 3.05) is 5.32 Å². The number of amides is 1. The molecule has 112 valence electrons. The topological polar surface area (TPSA) is 118 Å². The van der Waals surface area contributed by atoms with E-state index in [4.69, 9.17) is 4.52 Å². The highest BCUT2D eigenvalue weighted by molar-refractivity contribution is 6.08. The number of carboxylic acids is 1. The molecule has 0 saturated carbocycles. The second-order valence-corrected chi connectivity index (χ2v) is 4.24. The van der Waals surface area contributed by atoms with Gasteiger partial charge in [0.05, 0.1) is 0 Å². The summed E-state index contributed by atoms with van der Waals surface area (Å²) in [6.45, 7) is 8.55. The minimum atomic E-state index is -1.31. The molecule has 0 atom stereocenters. The van der Waals surface area contributed by atoms with E-state index in [-0.39, 0.29) is 22.7 Å². The zero-order valence-electron chi connectivity index (χ0n) is 11.7. The van der Waals surface area contributed by atoms with Crippen LogP contribution in [-0.4, -0.2) is 32.1 Å². The number of carbonyl (C=O) groups is 2. The van der Waals surface area contributed by atoms with Gasteiger partial charge in [0, 0.05) is 23.5 Å². The Balaban J connectivity index is 2.44. The normalized spacial score (nSPS) is 10.0. The Morgan fingerprint density at radius 3 is 2.55 bits per heavy atom. The van der Waals surface area contributed by atoms with E-state index in [0.29, 0.717) is 11.4 Å². The Labute approximate surface area is 125 Å². The highest BCUT2D eigenvalue weighted by atomic mass is 16.5. The van der Waals surface area contributed by atoms with Crippen LogP contribution >= 0.6 is 0 Å². The average Bonchev–Trinajstić information content (AvgIpc) is 2.90. The predicted octanol–water partition coefficient (Wildman–Crippen LogP) is 1.82. The van der Waals surface area contributed by atoms with Gasteiger partial charge in [0.15, 0.2) is 5.56 Å². The number of carbonyl (C=O) groups excluding carboxylic acids is 1. The van der Waals surface area contributed by atoms with Crippen LogP contribution in [0.1, 0.15) is 16.2 Å². The summed E-state index contributed by atoms with van der Waals surface area (Å²) in [4.78, 5) is 31.1. The van der Waals surface area contributed by atoms with Gasteiger partial charge in [-0.3, -0.25) is 10.1 Å². The third kappa shape index (κ3) is 2.90. The van der Waals surface area contributed by atoms with Gasteiger partial charge in [-0.05, 0) is 6.92 Å². The number of carboxylic acid groups (broad SMARTS) is 1. The molecule has 0 aliphatic heterocycles. The van der Waals surface area contributed by atoms with Crippen LogP contribution in [0.5, 0.6) is 0 Å². The Morgan fingerprint density at radius 1 is 1.36 bits per heavy atom. The molecule has 8 heteroatoms. The van der Waals surface area contributed by atoms with Gasteiger partial charge < -0.3 is 9.63 Å². The lowest BCUT2D eigenvalue weighted by Gasteiger charge is -2.02. The zero-order chi connectivity index (χ0) is 16.3. The van der Waals surface area contributed by atoms with Crippen LogP contribution in [0.4, 0.5) is 5.88 Å². The highest BCUT2D eigenvalue weighted by Gasteiger charge is 2.25. The molecule has 8 nitrogen and oxygen atoms in total. The number of aromatic carboxylic acids is 1. The van der Waals surface area contributed by atoms with Gasteiger partial charge >= 0.3 is 5.97 Å². The first-order valence-electron chi connectivity index (χ1n) is 6.08. The summed E-state index contributed by atoms with van der Waals surface area (Å²) in [5.41, 5.74) is 0.146. The van der Waals surface area contributed by atoms with E-state index in [9.17, 15) is 14.7 Å². The molecule has 2 heterocycles. The predicted molar refractivity (Wildman–Crippen MR) is 77.2 cm³/mol. The number of rotatable bonds is 5. The quantitative estimate of drug-likeness (QED) is 0.638. The number of hydrogen-bond donors (Lipinski definition) is 2. The largest absolute Gasteiger partial charge is 0.477 e. The molecule has 0 unspecified atom stereocenters. The molecule has 2 N–H and O–H groups in total. The molecule has 0 radical (unpaired) electrons. The van der Waals surface area contributed by atoms with Crippen molar-refractivity contribution < 1.29 is 19.2 Å². The summed E-state index contributed by atoms with van der Waals surface area (Å²) in [5.74, 6) is -1.72. The monoisotopic (exact) mass is 300 g/mol. The molecule has 0 aliphatic rings. The van der Waals surface area contributed by atoms with Gasteiger partial charge in [-0.25, -0.2) is 14.8 Å². The molecule has 0 bridgehead atoms. The zero-order valence-corrected chi connectivity index (χ0v) is 11.7. The van der Waals surface area contributed by atoms with Crippen LogP contribution in [0.2, 0.25) is 0 Å². The van der Waals surface area contributed by atoms with Crippen molar-refractivity contribution >= 4 is 17.8 Å². The van der Waals surface area contributed by atoms with E-state index in [1.165, 1.54) is 18.5 Å². The second kappa shape index (κ2) is 6.00. The number of nitrogens with zero attached hydrogens (tertiary/aromatic N) is 3. The first kappa shape index (κ1) is 15.1. The van der Waals surface area contributed by atoms with E-state index in [1.54, 1.807) is 6.92 Å². The fraction of sp³-hybridized carbons (Fsp3) is 0.0714. The van der Waals surface area contributed by atoms with Crippen LogP contribution in [0.25, 0.3) is 11.3 Å². The summed E-state index contributed by atoms with van der Waals surface area (Å²) >= 11 is 0. The molecular formula is C14H12N4O4. The lowest BCUT2D eigenvalue weighted by Crippen LogP contribution is -2.14. The van der Waals surface area contributed by atoms with E-state index in [0.717, 1.165) is 0 Å². The maximum atomic E-state index is 11.7. The van der Waals surface area contributed by atoms with Crippen molar-refractivity contribution in [2.24, 2.45) is 0 Å². The van der Waals surface area contributed by atoms with Crippen LogP contribution in [-0.2, 0) is 4.79 Å². The number of aryl methyl sites for hydroxylation is 1. The Bertz CT molecular complexity index is 762. The van der Waals surface area contributed by atoms with Crippen molar-refractivity contribution in [3.63, 3.8) is 0 Å².